The van der Waals surface area contributed by atoms with Gasteiger partial charge in [-0.3, -0.25) is 0 Å². The first-order valence-electron chi connectivity index (χ1n) is 6.94. The van der Waals surface area contributed by atoms with Crippen molar-refractivity contribution in [2.45, 2.75) is 51.6 Å². The number of anilines is 1. The van der Waals surface area contributed by atoms with Crippen LogP contribution in [-0.2, 0) is 6.42 Å². The number of halogens is 1. The van der Waals surface area contributed by atoms with E-state index in [1.54, 1.807) is 0 Å². The fourth-order valence-corrected chi connectivity index (χ4v) is 3.29. The van der Waals surface area contributed by atoms with Gasteiger partial charge in [0.2, 0.25) is 0 Å². The largest absolute Gasteiger partial charge is 0.365 e. The van der Waals surface area contributed by atoms with Crippen LogP contribution in [-0.4, -0.2) is 18.6 Å². The van der Waals surface area contributed by atoms with Crippen LogP contribution in [0.15, 0.2) is 18.2 Å². The fourth-order valence-electron chi connectivity index (χ4n) is 2.99. The van der Waals surface area contributed by atoms with Crippen molar-refractivity contribution in [3.8, 4) is 0 Å². The van der Waals surface area contributed by atoms with Gasteiger partial charge in [-0.15, -0.1) is 0 Å². The third-order valence-electron chi connectivity index (χ3n) is 3.98. The molecule has 2 unspecified atom stereocenters. The van der Waals surface area contributed by atoms with Crippen molar-refractivity contribution in [3.05, 3.63) is 28.8 Å². The molecule has 0 radical (unpaired) electrons. The molecule has 1 saturated heterocycles. The molecule has 1 fully saturated rings. The van der Waals surface area contributed by atoms with Gasteiger partial charge >= 0.3 is 0 Å². The molecule has 0 spiro atoms. The van der Waals surface area contributed by atoms with Gasteiger partial charge in [-0.2, -0.15) is 0 Å². The van der Waals surface area contributed by atoms with Crippen molar-refractivity contribution in [2.75, 3.05) is 11.4 Å². The monoisotopic (exact) mass is 266 g/mol. The lowest BCUT2D eigenvalue weighted by molar-refractivity contribution is 0.628. The first kappa shape index (κ1) is 13.7. The van der Waals surface area contributed by atoms with E-state index >= 15 is 0 Å². The molecular formula is C15H23ClN2. The minimum atomic E-state index is 0.591. The van der Waals surface area contributed by atoms with Crippen LogP contribution in [0.25, 0.3) is 0 Å². The molecule has 1 aromatic carbocycles. The summed E-state index contributed by atoms with van der Waals surface area (Å²) in [6, 6.07) is 7.62. The Kier molecular flexibility index (Phi) is 4.52. The first-order chi connectivity index (χ1) is 8.67. The Morgan fingerprint density at radius 2 is 2.17 bits per heavy atom. The van der Waals surface area contributed by atoms with Crippen molar-refractivity contribution in [2.24, 2.45) is 5.73 Å². The van der Waals surface area contributed by atoms with Crippen molar-refractivity contribution in [1.82, 2.24) is 0 Å². The van der Waals surface area contributed by atoms with Gasteiger partial charge in [0.1, 0.15) is 0 Å². The van der Waals surface area contributed by atoms with Crippen LogP contribution in [0.5, 0.6) is 0 Å². The van der Waals surface area contributed by atoms with Crippen LogP contribution in [0.4, 0.5) is 5.69 Å². The molecule has 18 heavy (non-hydrogen) atoms. The van der Waals surface area contributed by atoms with Gasteiger partial charge in [0.25, 0.3) is 0 Å². The molecule has 2 nitrogen and oxygen atoms in total. The van der Waals surface area contributed by atoms with Crippen molar-refractivity contribution in [3.63, 3.8) is 0 Å². The Morgan fingerprint density at radius 1 is 1.39 bits per heavy atom. The van der Waals surface area contributed by atoms with Gasteiger partial charge in [0.05, 0.1) is 10.7 Å². The number of nitrogens with zero attached hydrogens (tertiary/aromatic N) is 1. The van der Waals surface area contributed by atoms with Crippen LogP contribution in [0.2, 0.25) is 5.02 Å². The van der Waals surface area contributed by atoms with E-state index in [4.69, 9.17) is 17.3 Å². The van der Waals surface area contributed by atoms with Crippen LogP contribution in [0.1, 0.15) is 38.7 Å². The minimum absolute atomic E-state index is 0.591. The van der Waals surface area contributed by atoms with Crippen LogP contribution >= 0.6 is 11.6 Å². The maximum atomic E-state index is 6.45. The number of hydrogen-bond acceptors (Lipinski definition) is 2. The molecule has 3 heteroatoms. The summed E-state index contributed by atoms with van der Waals surface area (Å²) in [5.41, 5.74) is 8.00. The molecule has 0 amide bonds. The molecule has 0 aromatic heterocycles. The van der Waals surface area contributed by atoms with E-state index in [1.807, 2.05) is 0 Å². The summed E-state index contributed by atoms with van der Waals surface area (Å²) in [5.74, 6) is 0. The average Bonchev–Trinajstić information content (AvgIpc) is 2.71. The van der Waals surface area contributed by atoms with Gasteiger partial charge < -0.3 is 10.6 Å². The van der Waals surface area contributed by atoms with Crippen molar-refractivity contribution < 1.29 is 0 Å². The second kappa shape index (κ2) is 5.94. The summed E-state index contributed by atoms with van der Waals surface area (Å²) in [7, 11) is 0. The summed E-state index contributed by atoms with van der Waals surface area (Å²) in [6.07, 6.45) is 4.62. The summed E-state index contributed by atoms with van der Waals surface area (Å²) in [5, 5.41) is 0.869. The molecule has 0 bridgehead atoms. The average molecular weight is 267 g/mol. The third kappa shape index (κ3) is 2.65. The molecular weight excluding hydrogens is 244 g/mol. The molecule has 2 N–H and O–H groups in total. The predicted molar refractivity (Wildman–Crippen MR) is 79.5 cm³/mol. The molecule has 1 aliphatic heterocycles. The SMILES string of the molecule is CCC1CCC(C)N1c1ccc(CCN)cc1Cl. The zero-order valence-corrected chi connectivity index (χ0v) is 12.1. The second-order valence-electron chi connectivity index (χ2n) is 5.22. The molecule has 0 aliphatic carbocycles. The second-order valence-corrected chi connectivity index (χ2v) is 5.63. The summed E-state index contributed by atoms with van der Waals surface area (Å²) >= 11 is 6.45. The number of nitrogens with two attached hydrogens (primary N) is 1. The fraction of sp³-hybridized carbons (Fsp3) is 0.600. The van der Waals surface area contributed by atoms with E-state index < -0.39 is 0 Å². The zero-order valence-electron chi connectivity index (χ0n) is 11.3. The van der Waals surface area contributed by atoms with Crippen LogP contribution < -0.4 is 10.6 Å². The van der Waals surface area contributed by atoms with E-state index in [2.05, 4.69) is 36.9 Å². The lowest BCUT2D eigenvalue weighted by Gasteiger charge is -2.31. The molecule has 2 atom stereocenters. The smallest absolute Gasteiger partial charge is 0.0642 e. The van der Waals surface area contributed by atoms with Gasteiger partial charge in [0.15, 0.2) is 0 Å². The lowest BCUT2D eigenvalue weighted by atomic mass is 10.1. The van der Waals surface area contributed by atoms with Crippen molar-refractivity contribution in [1.29, 1.82) is 0 Å². The van der Waals surface area contributed by atoms with Gasteiger partial charge in [0, 0.05) is 12.1 Å². The molecule has 100 valence electrons. The van der Waals surface area contributed by atoms with Gasteiger partial charge in [-0.1, -0.05) is 24.6 Å². The van der Waals surface area contributed by atoms with Crippen LogP contribution in [0.3, 0.4) is 0 Å². The number of benzene rings is 1. The van der Waals surface area contributed by atoms with E-state index in [0.29, 0.717) is 18.6 Å². The number of hydrogen-bond donors (Lipinski definition) is 1. The molecule has 1 aromatic rings. The Hall–Kier alpha value is -0.730. The highest BCUT2D eigenvalue weighted by atomic mass is 35.5. The normalized spacial score (nSPS) is 23.7. The lowest BCUT2D eigenvalue weighted by Crippen LogP contribution is -2.34. The van der Waals surface area contributed by atoms with E-state index in [0.717, 1.165) is 11.4 Å². The molecule has 0 saturated carbocycles. The standard InChI is InChI=1S/C15H23ClN2/c1-3-13-6-4-11(2)18(13)15-7-5-12(8-9-17)10-14(15)16/h5,7,10-11,13H,3-4,6,8-9,17H2,1-2H3. The van der Waals surface area contributed by atoms with E-state index in [-0.39, 0.29) is 0 Å². The maximum absolute atomic E-state index is 6.45. The van der Waals surface area contributed by atoms with Gasteiger partial charge in [-0.05, 0) is 56.8 Å². The number of rotatable bonds is 4. The van der Waals surface area contributed by atoms with Crippen LogP contribution in [0, 0.1) is 0 Å². The van der Waals surface area contributed by atoms with Crippen molar-refractivity contribution >= 4 is 17.3 Å². The van der Waals surface area contributed by atoms with Gasteiger partial charge in [-0.25, -0.2) is 0 Å². The molecule has 1 aliphatic rings. The van der Waals surface area contributed by atoms with E-state index in [9.17, 15) is 0 Å². The first-order valence-corrected chi connectivity index (χ1v) is 7.32. The molecule has 2 rings (SSSR count). The predicted octanol–water partition coefficient (Wildman–Crippen LogP) is 3.61. The highest BCUT2D eigenvalue weighted by Gasteiger charge is 2.30. The summed E-state index contributed by atoms with van der Waals surface area (Å²) in [6.45, 7) is 5.22. The Balaban J connectivity index is 2.27. The Labute approximate surface area is 115 Å². The quantitative estimate of drug-likeness (QED) is 0.902. The minimum Gasteiger partial charge on any atom is -0.365 e. The highest BCUT2D eigenvalue weighted by Crippen LogP contribution is 2.36. The Morgan fingerprint density at radius 3 is 2.78 bits per heavy atom. The zero-order chi connectivity index (χ0) is 13.1. The highest BCUT2D eigenvalue weighted by molar-refractivity contribution is 6.33. The summed E-state index contributed by atoms with van der Waals surface area (Å²) in [4.78, 5) is 2.49. The topological polar surface area (TPSA) is 29.3 Å². The molecule has 1 heterocycles. The Bertz CT molecular complexity index is 405. The maximum Gasteiger partial charge on any atom is 0.0642 e. The summed E-state index contributed by atoms with van der Waals surface area (Å²) < 4.78 is 0. The third-order valence-corrected chi connectivity index (χ3v) is 4.28. The van der Waals surface area contributed by atoms with E-state index in [1.165, 1.54) is 30.5 Å².